The van der Waals surface area contributed by atoms with Gasteiger partial charge in [0.15, 0.2) is 0 Å². The number of amides is 4. The fraction of sp³-hybridized carbons (Fsp3) is 0.677. The van der Waals surface area contributed by atoms with Gasteiger partial charge in [0.05, 0.1) is 19.1 Å². The van der Waals surface area contributed by atoms with E-state index in [1.807, 2.05) is 13.8 Å². The number of ether oxygens (including phenoxy) is 2. The first-order valence-corrected chi connectivity index (χ1v) is 15.2. The van der Waals surface area contributed by atoms with E-state index in [9.17, 15) is 23.2 Å². The molecule has 246 valence electrons. The van der Waals surface area contributed by atoms with Gasteiger partial charge in [0.1, 0.15) is 23.2 Å². The Kier molecular flexibility index (Phi) is 11.5. The molecule has 0 aromatic heterocycles. The van der Waals surface area contributed by atoms with Gasteiger partial charge < -0.3 is 24.6 Å². The van der Waals surface area contributed by atoms with Crippen LogP contribution in [0.25, 0.3) is 0 Å². The summed E-state index contributed by atoms with van der Waals surface area (Å²) < 4.78 is 54.0. The van der Waals surface area contributed by atoms with Gasteiger partial charge in [-0.15, -0.1) is 0 Å². The number of rotatable bonds is 9. The van der Waals surface area contributed by atoms with Crippen LogP contribution in [0.4, 0.5) is 22.8 Å². The van der Waals surface area contributed by atoms with E-state index in [0.717, 1.165) is 23.8 Å². The molecule has 0 unspecified atom stereocenters. The van der Waals surface area contributed by atoms with Crippen molar-refractivity contribution in [2.75, 3.05) is 32.8 Å². The van der Waals surface area contributed by atoms with Crippen LogP contribution >= 0.6 is 0 Å². The molecule has 1 aromatic rings. The van der Waals surface area contributed by atoms with Crippen molar-refractivity contribution in [1.82, 2.24) is 20.4 Å². The monoisotopic (exact) mass is 626 g/mol. The molecule has 0 aliphatic carbocycles. The maximum atomic E-state index is 15.4. The van der Waals surface area contributed by atoms with Gasteiger partial charge in [-0.2, -0.15) is 5.32 Å². The van der Waals surface area contributed by atoms with Gasteiger partial charge in [-0.25, -0.2) is 22.8 Å². The molecule has 0 saturated carbocycles. The number of alkyl carbamates (subject to hydrolysis) is 1. The van der Waals surface area contributed by atoms with E-state index in [1.165, 1.54) is 12.1 Å². The minimum atomic E-state index is -3.05. The maximum absolute atomic E-state index is 15.4. The lowest BCUT2D eigenvalue weighted by Crippen LogP contribution is -2.57. The number of urea groups is 1. The average Bonchev–Trinajstić information content (AvgIpc) is 3.30. The Bertz CT molecular complexity index is 1200. The largest absolute Gasteiger partial charge is 0.493 e. The van der Waals surface area contributed by atoms with E-state index in [0.29, 0.717) is 43.8 Å². The second kappa shape index (κ2) is 14.5. The second-order valence-corrected chi connectivity index (χ2v) is 13.1. The summed E-state index contributed by atoms with van der Waals surface area (Å²) in [6.07, 6.45) is 0.927. The van der Waals surface area contributed by atoms with Crippen molar-refractivity contribution in [3.8, 4) is 5.75 Å². The number of benzene rings is 1. The third kappa shape index (κ3) is 10.0. The van der Waals surface area contributed by atoms with Gasteiger partial charge in [-0.3, -0.25) is 10.2 Å². The molecule has 0 bridgehead atoms. The van der Waals surface area contributed by atoms with Gasteiger partial charge in [-0.1, -0.05) is 20.8 Å². The van der Waals surface area contributed by atoms with E-state index in [-0.39, 0.29) is 29.8 Å². The van der Waals surface area contributed by atoms with Crippen LogP contribution in [0.5, 0.6) is 5.75 Å². The van der Waals surface area contributed by atoms with Crippen LogP contribution in [0.15, 0.2) is 18.2 Å². The lowest BCUT2D eigenvalue weighted by molar-refractivity contribution is -0.134. The Balaban J connectivity index is 1.57. The standard InChI is InChI=1S/C31H46F3N5O5/c1-19(2)26(35)37-28(41)38-13-9-21(10-14-38)20(3)11-16-43-22-7-8-23(24(32)17-22)25(36-29(42)44-30(4,5)6)27(40)39-15-12-31(33,34)18-39/h7-8,17,19-21,25H,9-16,18H2,1-6H3,(H,36,42)(H2,35,37,41)/p+1/t20-,25+/m1/s1. The molecule has 0 radical (unpaired) electrons. The maximum Gasteiger partial charge on any atom is 0.408 e. The van der Waals surface area contributed by atoms with E-state index in [2.05, 4.69) is 17.6 Å². The van der Waals surface area contributed by atoms with Crippen LogP contribution in [-0.4, -0.2) is 78.0 Å². The molecule has 0 spiro atoms. The number of hydrogen-bond acceptors (Lipinski definition) is 5. The summed E-state index contributed by atoms with van der Waals surface area (Å²) in [5.41, 5.74) is -1.07. The van der Waals surface area contributed by atoms with Gasteiger partial charge in [0.2, 0.25) is 5.91 Å². The minimum Gasteiger partial charge on any atom is -0.493 e. The molecule has 4 N–H and O–H groups in total. The second-order valence-electron chi connectivity index (χ2n) is 13.1. The molecule has 44 heavy (non-hydrogen) atoms. The third-order valence-corrected chi connectivity index (χ3v) is 8.02. The molecule has 2 heterocycles. The Morgan fingerprint density at radius 2 is 1.75 bits per heavy atom. The Morgan fingerprint density at radius 1 is 1.09 bits per heavy atom. The topological polar surface area (TPSA) is 126 Å². The molecule has 3 rings (SSSR count). The summed E-state index contributed by atoms with van der Waals surface area (Å²) >= 11 is 0. The predicted octanol–water partition coefficient (Wildman–Crippen LogP) is 3.90. The summed E-state index contributed by atoms with van der Waals surface area (Å²) in [6, 6.07) is 2.18. The zero-order valence-corrected chi connectivity index (χ0v) is 26.6. The average molecular weight is 627 g/mol. The number of halogens is 3. The summed E-state index contributed by atoms with van der Waals surface area (Å²) in [7, 11) is 0. The number of likely N-dealkylation sites (tertiary alicyclic amines) is 2. The fourth-order valence-electron chi connectivity index (χ4n) is 5.25. The highest BCUT2D eigenvalue weighted by atomic mass is 19.3. The normalized spacial score (nSPS) is 18.5. The lowest BCUT2D eigenvalue weighted by Gasteiger charge is -2.33. The van der Waals surface area contributed by atoms with E-state index >= 15 is 4.39 Å². The zero-order chi connectivity index (χ0) is 32.8. The molecular weight excluding hydrogens is 579 g/mol. The number of nitrogens with one attached hydrogen (secondary N) is 2. The summed E-state index contributed by atoms with van der Waals surface area (Å²) in [4.78, 5) is 40.8. The zero-order valence-electron chi connectivity index (χ0n) is 26.6. The van der Waals surface area contributed by atoms with Crippen LogP contribution in [-0.2, 0) is 9.53 Å². The Hall–Kier alpha value is -3.51. The Morgan fingerprint density at radius 3 is 2.30 bits per heavy atom. The van der Waals surface area contributed by atoms with Crippen molar-refractivity contribution in [2.45, 2.75) is 84.8 Å². The van der Waals surface area contributed by atoms with Gasteiger partial charge in [0, 0.05) is 37.7 Å². The van der Waals surface area contributed by atoms with Gasteiger partial charge in [-0.05, 0) is 64.0 Å². The number of amidine groups is 1. The van der Waals surface area contributed by atoms with Crippen molar-refractivity contribution in [3.63, 3.8) is 0 Å². The highest BCUT2D eigenvalue weighted by molar-refractivity contribution is 5.95. The van der Waals surface area contributed by atoms with Crippen LogP contribution in [0, 0.1) is 23.6 Å². The predicted molar refractivity (Wildman–Crippen MR) is 159 cm³/mol. The fourth-order valence-corrected chi connectivity index (χ4v) is 5.25. The van der Waals surface area contributed by atoms with Crippen molar-refractivity contribution in [3.05, 3.63) is 29.6 Å². The van der Waals surface area contributed by atoms with Crippen LogP contribution in [0.2, 0.25) is 0 Å². The van der Waals surface area contributed by atoms with E-state index in [1.54, 1.807) is 25.7 Å². The molecule has 2 aliphatic heterocycles. The summed E-state index contributed by atoms with van der Waals surface area (Å²) in [5, 5.41) is 11.0. The van der Waals surface area contributed by atoms with Crippen molar-refractivity contribution < 1.29 is 42.4 Å². The first kappa shape index (κ1) is 35.0. The van der Waals surface area contributed by atoms with Crippen molar-refractivity contribution >= 4 is 23.9 Å². The van der Waals surface area contributed by atoms with E-state index in [4.69, 9.17) is 14.9 Å². The molecular formula is C31H47F3N5O5+. The van der Waals surface area contributed by atoms with Crippen LogP contribution in [0.1, 0.15) is 78.8 Å². The minimum absolute atomic E-state index is 0.0600. The van der Waals surface area contributed by atoms with Crippen molar-refractivity contribution in [1.29, 1.82) is 0 Å². The molecule has 10 nitrogen and oxygen atoms in total. The lowest BCUT2D eigenvalue weighted by atomic mass is 9.84. The van der Waals surface area contributed by atoms with Crippen molar-refractivity contribution in [2.24, 2.45) is 17.8 Å². The number of hydrogen-bond donors (Lipinski definition) is 3. The SMILES string of the molecule is CC(C)C(=[NH2+])NC(=O)N1CCC([C@H](C)CCOc2ccc([C@H](NC(=O)OC(C)(C)C)C(=O)N3CCC(F)(F)C3)c(F)c2)CC1. The van der Waals surface area contributed by atoms with Crippen LogP contribution < -0.4 is 20.8 Å². The number of carbonyl (C=O) groups excluding carboxylic acids is 3. The molecule has 2 fully saturated rings. The molecule has 2 saturated heterocycles. The van der Waals surface area contributed by atoms with Crippen LogP contribution in [0.3, 0.4) is 0 Å². The number of nitrogens with zero attached hydrogens (tertiary/aromatic N) is 2. The first-order valence-electron chi connectivity index (χ1n) is 15.2. The number of carbonyl (C=O) groups is 3. The highest BCUT2D eigenvalue weighted by Gasteiger charge is 2.43. The first-order chi connectivity index (χ1) is 20.5. The summed E-state index contributed by atoms with van der Waals surface area (Å²) in [5.74, 6) is -3.27. The molecule has 4 amide bonds. The Labute approximate surface area is 257 Å². The summed E-state index contributed by atoms with van der Waals surface area (Å²) in [6.45, 7) is 11.4. The molecule has 13 heteroatoms. The van der Waals surface area contributed by atoms with Gasteiger partial charge in [0.25, 0.3) is 11.8 Å². The molecule has 2 atom stereocenters. The van der Waals surface area contributed by atoms with Gasteiger partial charge >= 0.3 is 12.1 Å². The molecule has 2 aliphatic rings. The quantitative estimate of drug-likeness (QED) is 0.283. The smallest absolute Gasteiger partial charge is 0.408 e. The highest BCUT2D eigenvalue weighted by Crippen LogP contribution is 2.31. The number of piperidine rings is 1. The van der Waals surface area contributed by atoms with E-state index < -0.39 is 48.3 Å². The number of alkyl halides is 2. The third-order valence-electron chi connectivity index (χ3n) is 8.02. The molecule has 1 aromatic carbocycles. The number of nitrogens with two attached hydrogens (primary N) is 1.